The highest BCUT2D eigenvalue weighted by atomic mass is 32.2. The van der Waals surface area contributed by atoms with Gasteiger partial charge in [-0.05, 0) is 31.9 Å². The van der Waals surface area contributed by atoms with Crippen LogP contribution in [0.25, 0.3) is 0 Å². The Bertz CT molecular complexity index is 1170. The van der Waals surface area contributed by atoms with Gasteiger partial charge in [0.1, 0.15) is 12.6 Å². The van der Waals surface area contributed by atoms with Gasteiger partial charge in [-0.2, -0.15) is 0 Å². The van der Waals surface area contributed by atoms with E-state index in [0.717, 1.165) is 27.8 Å². The Hall–Kier alpha value is -3.47. The van der Waals surface area contributed by atoms with Crippen molar-refractivity contribution in [2.24, 2.45) is 0 Å². The molecule has 0 spiro atoms. The number of nitrogens with zero attached hydrogens (tertiary/aromatic N) is 3. The molecule has 0 heterocycles. The second kappa shape index (κ2) is 10.4. The fourth-order valence-corrected chi connectivity index (χ4v) is 4.27. The van der Waals surface area contributed by atoms with E-state index in [2.05, 4.69) is 5.32 Å². The van der Waals surface area contributed by atoms with E-state index in [1.165, 1.54) is 24.1 Å². The van der Waals surface area contributed by atoms with Crippen LogP contribution in [0.3, 0.4) is 0 Å². The van der Waals surface area contributed by atoms with Crippen molar-refractivity contribution in [3.05, 3.63) is 69.3 Å². The lowest BCUT2D eigenvalue weighted by atomic mass is 10.1. The maximum atomic E-state index is 13.4. The molecule has 0 unspecified atom stereocenters. The lowest BCUT2D eigenvalue weighted by Crippen LogP contribution is -2.50. The molecule has 0 aliphatic rings. The second-order valence-corrected chi connectivity index (χ2v) is 9.71. The van der Waals surface area contributed by atoms with Crippen LogP contribution in [0.4, 0.5) is 11.4 Å². The lowest BCUT2D eigenvalue weighted by Gasteiger charge is -2.31. The Kier molecular flexibility index (Phi) is 8.15. The number of nitro groups is 1. The van der Waals surface area contributed by atoms with E-state index in [4.69, 9.17) is 0 Å². The number of carbonyl (C=O) groups is 2. The van der Waals surface area contributed by atoms with Crippen LogP contribution in [0.15, 0.2) is 42.5 Å². The Labute approximate surface area is 193 Å². The lowest BCUT2D eigenvalue weighted by molar-refractivity contribution is -0.384. The highest BCUT2D eigenvalue weighted by molar-refractivity contribution is 7.92. The minimum atomic E-state index is -3.98. The molecule has 178 valence electrons. The van der Waals surface area contributed by atoms with Gasteiger partial charge in [-0.15, -0.1) is 0 Å². The van der Waals surface area contributed by atoms with E-state index in [1.54, 1.807) is 13.8 Å². The van der Waals surface area contributed by atoms with Gasteiger partial charge in [0.05, 0.1) is 16.9 Å². The Morgan fingerprint density at radius 1 is 1.15 bits per heavy atom. The number of benzene rings is 2. The van der Waals surface area contributed by atoms with Crippen molar-refractivity contribution in [2.45, 2.75) is 33.4 Å². The van der Waals surface area contributed by atoms with Gasteiger partial charge in [0.25, 0.3) is 5.69 Å². The predicted molar refractivity (Wildman–Crippen MR) is 125 cm³/mol. The fraction of sp³-hybridized carbons (Fsp3) is 0.364. The average molecular weight is 477 g/mol. The van der Waals surface area contributed by atoms with Crippen molar-refractivity contribution in [1.29, 1.82) is 0 Å². The van der Waals surface area contributed by atoms with Crippen LogP contribution < -0.4 is 9.62 Å². The van der Waals surface area contributed by atoms with Crippen molar-refractivity contribution in [3.8, 4) is 0 Å². The molecule has 2 aromatic rings. The molecule has 0 aliphatic heterocycles. The molecule has 0 bridgehead atoms. The summed E-state index contributed by atoms with van der Waals surface area (Å²) in [6, 6.07) is 10.3. The standard InChI is InChI=1S/C22H28N4O6S/c1-15-7-6-8-18(11-15)13-24(17(3)22(28)23-4)21(27)14-25(33(5,31)32)20-12-19(26(29)30)10-9-16(20)2/h6-12,17H,13-14H2,1-5H3,(H,23,28)/t17-/m1/s1. The van der Waals surface area contributed by atoms with Gasteiger partial charge in [-0.3, -0.25) is 24.0 Å². The number of amides is 2. The molecule has 0 aromatic heterocycles. The third kappa shape index (κ3) is 6.51. The summed E-state index contributed by atoms with van der Waals surface area (Å²) < 4.78 is 26.0. The van der Waals surface area contributed by atoms with E-state index in [9.17, 15) is 28.1 Å². The topological polar surface area (TPSA) is 130 Å². The maximum absolute atomic E-state index is 13.4. The molecule has 33 heavy (non-hydrogen) atoms. The van der Waals surface area contributed by atoms with Crippen molar-refractivity contribution in [3.63, 3.8) is 0 Å². The first-order valence-corrected chi connectivity index (χ1v) is 12.0. The van der Waals surface area contributed by atoms with Crippen LogP contribution in [0.1, 0.15) is 23.6 Å². The summed E-state index contributed by atoms with van der Waals surface area (Å²) in [6.45, 7) is 4.51. The first kappa shape index (κ1) is 25.8. The van der Waals surface area contributed by atoms with Crippen molar-refractivity contribution < 1.29 is 22.9 Å². The summed E-state index contributed by atoms with van der Waals surface area (Å²) in [7, 11) is -2.53. The van der Waals surface area contributed by atoms with E-state index in [-0.39, 0.29) is 17.9 Å². The molecule has 10 nitrogen and oxygen atoms in total. The van der Waals surface area contributed by atoms with Crippen molar-refractivity contribution in [2.75, 3.05) is 24.2 Å². The molecule has 11 heteroatoms. The molecule has 1 atom stereocenters. The summed E-state index contributed by atoms with van der Waals surface area (Å²) in [4.78, 5) is 37.6. The number of likely N-dealkylation sites (N-methyl/N-ethyl adjacent to an activating group) is 1. The van der Waals surface area contributed by atoms with Gasteiger partial charge in [-0.1, -0.05) is 35.9 Å². The molecule has 0 aliphatic carbocycles. The zero-order valence-electron chi connectivity index (χ0n) is 19.2. The van der Waals surface area contributed by atoms with E-state index >= 15 is 0 Å². The minimum absolute atomic E-state index is 0.0307. The van der Waals surface area contributed by atoms with E-state index in [1.807, 2.05) is 31.2 Å². The summed E-state index contributed by atoms with van der Waals surface area (Å²) >= 11 is 0. The molecule has 2 amide bonds. The minimum Gasteiger partial charge on any atom is -0.357 e. The number of carbonyl (C=O) groups excluding carboxylic acids is 2. The van der Waals surface area contributed by atoms with Crippen LogP contribution in [0.5, 0.6) is 0 Å². The smallest absolute Gasteiger partial charge is 0.271 e. The summed E-state index contributed by atoms with van der Waals surface area (Å²) in [6.07, 6.45) is 0.922. The highest BCUT2D eigenvalue weighted by Crippen LogP contribution is 2.28. The van der Waals surface area contributed by atoms with Crippen LogP contribution in [-0.2, 0) is 26.2 Å². The van der Waals surface area contributed by atoms with Gasteiger partial charge < -0.3 is 10.2 Å². The van der Waals surface area contributed by atoms with Crippen LogP contribution in [0.2, 0.25) is 0 Å². The third-order valence-electron chi connectivity index (χ3n) is 5.20. The number of anilines is 1. The van der Waals surface area contributed by atoms with Crippen LogP contribution in [0, 0.1) is 24.0 Å². The third-order valence-corrected chi connectivity index (χ3v) is 6.33. The Morgan fingerprint density at radius 2 is 1.82 bits per heavy atom. The van der Waals surface area contributed by atoms with Gasteiger partial charge in [-0.25, -0.2) is 8.42 Å². The number of rotatable bonds is 9. The van der Waals surface area contributed by atoms with E-state index < -0.39 is 39.3 Å². The van der Waals surface area contributed by atoms with E-state index in [0.29, 0.717) is 5.56 Å². The van der Waals surface area contributed by atoms with Gasteiger partial charge in [0.2, 0.25) is 21.8 Å². The number of sulfonamides is 1. The average Bonchev–Trinajstić information content (AvgIpc) is 2.74. The maximum Gasteiger partial charge on any atom is 0.271 e. The molecular weight excluding hydrogens is 448 g/mol. The van der Waals surface area contributed by atoms with Crippen molar-refractivity contribution in [1.82, 2.24) is 10.2 Å². The molecule has 0 saturated heterocycles. The quantitative estimate of drug-likeness (QED) is 0.436. The van der Waals surface area contributed by atoms with Crippen LogP contribution in [-0.4, -0.2) is 55.9 Å². The Morgan fingerprint density at radius 3 is 2.36 bits per heavy atom. The zero-order valence-corrected chi connectivity index (χ0v) is 20.0. The first-order chi connectivity index (χ1) is 15.3. The number of aryl methyl sites for hydroxylation is 2. The molecule has 0 fully saturated rings. The fourth-order valence-electron chi connectivity index (χ4n) is 3.37. The van der Waals surface area contributed by atoms with Gasteiger partial charge in [0, 0.05) is 25.7 Å². The Balaban J connectivity index is 2.48. The van der Waals surface area contributed by atoms with Crippen LogP contribution >= 0.6 is 0 Å². The largest absolute Gasteiger partial charge is 0.357 e. The normalized spacial score (nSPS) is 12.0. The molecule has 0 saturated carbocycles. The van der Waals surface area contributed by atoms with Gasteiger partial charge in [0.15, 0.2) is 0 Å². The zero-order chi connectivity index (χ0) is 24.9. The molecule has 2 rings (SSSR count). The SMILES string of the molecule is CNC(=O)[C@@H](C)N(Cc1cccc(C)c1)C(=O)CN(c1cc([N+](=O)[O-])ccc1C)S(C)(=O)=O. The molecule has 1 N–H and O–H groups in total. The second-order valence-electron chi connectivity index (χ2n) is 7.80. The summed E-state index contributed by atoms with van der Waals surface area (Å²) in [5.74, 6) is -1.03. The number of nitrogens with one attached hydrogen (secondary N) is 1. The van der Waals surface area contributed by atoms with Gasteiger partial charge >= 0.3 is 0 Å². The first-order valence-electron chi connectivity index (χ1n) is 10.1. The number of nitro benzene ring substituents is 1. The number of hydrogen-bond donors (Lipinski definition) is 1. The van der Waals surface area contributed by atoms with Crippen molar-refractivity contribution >= 4 is 33.2 Å². The summed E-state index contributed by atoms with van der Waals surface area (Å²) in [5.41, 5.74) is 1.92. The molecular formula is C22H28N4O6S. The summed E-state index contributed by atoms with van der Waals surface area (Å²) in [5, 5.41) is 13.7. The molecule has 2 aromatic carbocycles. The predicted octanol–water partition coefficient (Wildman–Crippen LogP) is 2.14. The molecule has 0 radical (unpaired) electrons. The number of non-ortho nitro benzene ring substituents is 1. The number of hydrogen-bond acceptors (Lipinski definition) is 6. The highest BCUT2D eigenvalue weighted by Gasteiger charge is 2.30. The monoisotopic (exact) mass is 476 g/mol.